The summed E-state index contributed by atoms with van der Waals surface area (Å²) in [4.78, 5) is 0. The van der Waals surface area contributed by atoms with E-state index in [-0.39, 0.29) is 0 Å². The van der Waals surface area contributed by atoms with Gasteiger partial charge in [0.1, 0.15) is 0 Å². The lowest BCUT2D eigenvalue weighted by Gasteiger charge is -2.10. The fourth-order valence-electron chi connectivity index (χ4n) is 1.94. The summed E-state index contributed by atoms with van der Waals surface area (Å²) in [7, 11) is 3.29. The van der Waals surface area contributed by atoms with Gasteiger partial charge in [-0.1, -0.05) is 22.0 Å². The Kier molecular flexibility index (Phi) is 4.43. The normalized spacial score (nSPS) is 10.3. The summed E-state index contributed by atoms with van der Waals surface area (Å²) in [6.45, 7) is 2.88. The second kappa shape index (κ2) is 6.06. The number of halogens is 1. The highest BCUT2D eigenvalue weighted by atomic mass is 79.9. The molecule has 0 aliphatic rings. The Hall–Kier alpha value is -1.55. The number of aryl methyl sites for hydroxylation is 1. The van der Waals surface area contributed by atoms with Gasteiger partial charge < -0.3 is 9.47 Å². The third kappa shape index (κ3) is 3.07. The van der Waals surface area contributed by atoms with Gasteiger partial charge in [-0.05, 0) is 12.1 Å². The van der Waals surface area contributed by atoms with Gasteiger partial charge in [0.25, 0.3) is 0 Å². The predicted octanol–water partition coefficient (Wildman–Crippen LogP) is 3.11. The molecule has 0 radical (unpaired) electrons. The van der Waals surface area contributed by atoms with E-state index in [1.54, 1.807) is 14.2 Å². The van der Waals surface area contributed by atoms with Crippen LogP contribution in [-0.2, 0) is 6.54 Å². The smallest absolute Gasteiger partial charge is 0.178 e. The molecule has 100 valence electrons. The minimum absolute atomic E-state index is 0.730. The summed E-state index contributed by atoms with van der Waals surface area (Å²) < 4.78 is 13.8. The lowest BCUT2D eigenvalue weighted by Crippen LogP contribution is -2.37. The van der Waals surface area contributed by atoms with Gasteiger partial charge in [0.05, 0.1) is 14.2 Å². The second-order valence-electron chi connectivity index (χ2n) is 4.27. The van der Waals surface area contributed by atoms with Crippen LogP contribution in [0.25, 0.3) is 0 Å². The van der Waals surface area contributed by atoms with Crippen LogP contribution in [0.3, 0.4) is 0 Å². The highest BCUT2D eigenvalue weighted by molar-refractivity contribution is 9.10. The first kappa shape index (κ1) is 13.9. The van der Waals surface area contributed by atoms with Crippen molar-refractivity contribution < 1.29 is 14.0 Å². The quantitative estimate of drug-likeness (QED) is 0.807. The van der Waals surface area contributed by atoms with Crippen molar-refractivity contribution in [2.75, 3.05) is 14.2 Å². The molecule has 1 heterocycles. The SMILES string of the molecule is COc1cc(Br)c(C[n+]2ccccc2C)cc1OC. The van der Waals surface area contributed by atoms with Gasteiger partial charge in [-0.15, -0.1) is 0 Å². The molecule has 0 fully saturated rings. The number of hydrogen-bond donors (Lipinski definition) is 0. The molecule has 0 atom stereocenters. The first-order valence-electron chi connectivity index (χ1n) is 6.01. The Balaban J connectivity index is 2.38. The number of rotatable bonds is 4. The zero-order chi connectivity index (χ0) is 13.8. The van der Waals surface area contributed by atoms with Gasteiger partial charge in [0, 0.05) is 29.1 Å². The Labute approximate surface area is 121 Å². The Morgan fingerprint density at radius 3 is 2.42 bits per heavy atom. The number of ether oxygens (including phenoxy) is 2. The molecule has 2 rings (SSSR count). The van der Waals surface area contributed by atoms with Gasteiger partial charge in [0.2, 0.25) is 0 Å². The molecule has 1 aromatic heterocycles. The van der Waals surface area contributed by atoms with Crippen molar-refractivity contribution in [1.82, 2.24) is 0 Å². The van der Waals surface area contributed by atoms with E-state index in [2.05, 4.69) is 39.7 Å². The van der Waals surface area contributed by atoms with Crippen molar-refractivity contribution in [3.8, 4) is 11.5 Å². The fourth-order valence-corrected chi connectivity index (χ4v) is 2.39. The summed E-state index contributed by atoms with van der Waals surface area (Å²) in [5.74, 6) is 1.47. The zero-order valence-electron chi connectivity index (χ0n) is 11.3. The number of benzene rings is 1. The van der Waals surface area contributed by atoms with E-state index >= 15 is 0 Å². The van der Waals surface area contributed by atoms with Crippen molar-refractivity contribution in [2.24, 2.45) is 0 Å². The number of aromatic nitrogens is 1. The van der Waals surface area contributed by atoms with Crippen LogP contribution in [0, 0.1) is 6.92 Å². The first-order chi connectivity index (χ1) is 9.15. The molecular weight excluding hydrogens is 306 g/mol. The summed E-state index contributed by atoms with van der Waals surface area (Å²) >= 11 is 3.58. The van der Waals surface area contributed by atoms with Crippen LogP contribution in [0.1, 0.15) is 11.3 Å². The zero-order valence-corrected chi connectivity index (χ0v) is 12.9. The largest absolute Gasteiger partial charge is 0.493 e. The minimum Gasteiger partial charge on any atom is -0.493 e. The highest BCUT2D eigenvalue weighted by Gasteiger charge is 2.14. The highest BCUT2D eigenvalue weighted by Crippen LogP contribution is 2.33. The maximum absolute atomic E-state index is 5.34. The van der Waals surface area contributed by atoms with E-state index in [4.69, 9.17) is 9.47 Å². The van der Waals surface area contributed by atoms with Crippen molar-refractivity contribution in [1.29, 1.82) is 0 Å². The van der Waals surface area contributed by atoms with Crippen molar-refractivity contribution >= 4 is 15.9 Å². The summed E-state index contributed by atoms with van der Waals surface area (Å²) in [5, 5.41) is 0. The molecule has 0 aliphatic heterocycles. The summed E-state index contributed by atoms with van der Waals surface area (Å²) in [5.41, 5.74) is 2.36. The maximum atomic E-state index is 5.34. The molecule has 1 aromatic carbocycles. The fraction of sp³-hybridized carbons (Fsp3) is 0.267. The molecule has 0 spiro atoms. The minimum atomic E-state index is 0.730. The maximum Gasteiger partial charge on any atom is 0.178 e. The van der Waals surface area contributed by atoms with Crippen molar-refractivity contribution in [2.45, 2.75) is 13.5 Å². The molecular formula is C15H17BrNO2+. The second-order valence-corrected chi connectivity index (χ2v) is 5.12. The number of methoxy groups -OCH3 is 2. The van der Waals surface area contributed by atoms with Gasteiger partial charge in [0.15, 0.2) is 29.9 Å². The van der Waals surface area contributed by atoms with E-state index in [1.807, 2.05) is 24.3 Å². The van der Waals surface area contributed by atoms with Crippen LogP contribution >= 0.6 is 15.9 Å². The summed E-state index contributed by atoms with van der Waals surface area (Å²) in [6, 6.07) is 10.1. The van der Waals surface area contributed by atoms with Gasteiger partial charge in [-0.3, -0.25) is 0 Å². The molecule has 0 amide bonds. The van der Waals surface area contributed by atoms with Crippen molar-refractivity contribution in [3.63, 3.8) is 0 Å². The van der Waals surface area contributed by atoms with Gasteiger partial charge in [-0.25, -0.2) is 0 Å². The van der Waals surface area contributed by atoms with Gasteiger partial charge >= 0.3 is 0 Å². The molecule has 0 unspecified atom stereocenters. The van der Waals surface area contributed by atoms with Crippen LogP contribution < -0.4 is 14.0 Å². The molecule has 4 heteroatoms. The lowest BCUT2D eigenvalue weighted by atomic mass is 10.2. The van der Waals surface area contributed by atoms with Crippen LogP contribution in [-0.4, -0.2) is 14.2 Å². The predicted molar refractivity (Wildman–Crippen MR) is 77.7 cm³/mol. The van der Waals surface area contributed by atoms with E-state index in [0.717, 1.165) is 28.1 Å². The molecule has 3 nitrogen and oxygen atoms in total. The average Bonchev–Trinajstić information content (AvgIpc) is 2.42. The topological polar surface area (TPSA) is 22.3 Å². The van der Waals surface area contributed by atoms with Crippen LogP contribution in [0.5, 0.6) is 11.5 Å². The lowest BCUT2D eigenvalue weighted by molar-refractivity contribution is -0.694. The average molecular weight is 323 g/mol. The molecule has 0 saturated carbocycles. The third-order valence-corrected chi connectivity index (χ3v) is 3.80. The van der Waals surface area contributed by atoms with E-state index < -0.39 is 0 Å². The van der Waals surface area contributed by atoms with Crippen LogP contribution in [0.15, 0.2) is 41.0 Å². The van der Waals surface area contributed by atoms with Crippen LogP contribution in [0.4, 0.5) is 0 Å². The molecule has 0 saturated heterocycles. The summed E-state index contributed by atoms with van der Waals surface area (Å²) in [6.07, 6.45) is 2.07. The first-order valence-corrected chi connectivity index (χ1v) is 6.80. The number of pyridine rings is 1. The van der Waals surface area contributed by atoms with Crippen molar-refractivity contribution in [3.05, 3.63) is 52.3 Å². The number of nitrogens with zero attached hydrogens (tertiary/aromatic N) is 1. The number of hydrogen-bond acceptors (Lipinski definition) is 2. The molecule has 0 bridgehead atoms. The van der Waals surface area contributed by atoms with Crippen LogP contribution in [0.2, 0.25) is 0 Å². The third-order valence-electron chi connectivity index (χ3n) is 3.06. The Bertz CT molecular complexity index is 584. The van der Waals surface area contributed by atoms with E-state index in [9.17, 15) is 0 Å². The van der Waals surface area contributed by atoms with E-state index in [1.165, 1.54) is 5.69 Å². The standard InChI is InChI=1S/C15H17BrNO2/c1-11-6-4-5-7-17(11)10-12-8-14(18-2)15(19-3)9-13(12)16/h4-9H,10H2,1-3H3/q+1. The molecule has 0 aliphatic carbocycles. The van der Waals surface area contributed by atoms with E-state index in [0.29, 0.717) is 0 Å². The Morgan fingerprint density at radius 1 is 1.11 bits per heavy atom. The molecule has 19 heavy (non-hydrogen) atoms. The molecule has 0 N–H and O–H groups in total. The van der Waals surface area contributed by atoms with Gasteiger partial charge in [-0.2, -0.15) is 4.57 Å². The Morgan fingerprint density at radius 2 is 1.79 bits per heavy atom. The molecule has 2 aromatic rings. The monoisotopic (exact) mass is 322 g/mol.